The minimum atomic E-state index is -0.871. The Kier molecular flexibility index (Phi) is 3.57. The SMILES string of the molecule is CC(C)(C)OC(=O)NC1C=C[C@@H](C(=O)O)C1. The van der Waals surface area contributed by atoms with Gasteiger partial charge >= 0.3 is 12.1 Å². The summed E-state index contributed by atoms with van der Waals surface area (Å²) in [6.45, 7) is 5.32. The first kappa shape index (κ1) is 12.5. The van der Waals surface area contributed by atoms with Crippen molar-refractivity contribution in [3.05, 3.63) is 12.2 Å². The van der Waals surface area contributed by atoms with E-state index in [1.165, 1.54) is 0 Å². The van der Waals surface area contributed by atoms with Crippen molar-refractivity contribution in [1.29, 1.82) is 0 Å². The first-order valence-electron chi connectivity index (χ1n) is 5.18. The molecule has 0 aliphatic heterocycles. The van der Waals surface area contributed by atoms with Gasteiger partial charge in [-0.2, -0.15) is 0 Å². The van der Waals surface area contributed by atoms with Crippen molar-refractivity contribution in [3.63, 3.8) is 0 Å². The normalized spacial score (nSPS) is 24.2. The Hall–Kier alpha value is -1.52. The second-order valence-corrected chi connectivity index (χ2v) is 4.82. The van der Waals surface area contributed by atoms with Gasteiger partial charge in [-0.25, -0.2) is 4.79 Å². The van der Waals surface area contributed by atoms with Gasteiger partial charge in [0.15, 0.2) is 0 Å². The molecule has 0 heterocycles. The molecule has 5 heteroatoms. The lowest BCUT2D eigenvalue weighted by molar-refractivity contribution is -0.140. The van der Waals surface area contributed by atoms with Crippen LogP contribution in [0.15, 0.2) is 12.2 Å². The summed E-state index contributed by atoms with van der Waals surface area (Å²) in [5.41, 5.74) is -0.543. The van der Waals surface area contributed by atoms with Gasteiger partial charge in [-0.3, -0.25) is 4.79 Å². The van der Waals surface area contributed by atoms with Crippen LogP contribution in [0.1, 0.15) is 27.2 Å². The molecule has 1 unspecified atom stereocenters. The highest BCUT2D eigenvalue weighted by Crippen LogP contribution is 2.18. The van der Waals surface area contributed by atoms with E-state index in [9.17, 15) is 9.59 Å². The van der Waals surface area contributed by atoms with E-state index >= 15 is 0 Å². The standard InChI is InChI=1S/C11H17NO4/c1-11(2,3)16-10(15)12-8-5-4-7(6-8)9(13)14/h4-5,7-8H,6H2,1-3H3,(H,12,15)(H,13,14)/t7-,8?/m1/s1. The maximum atomic E-state index is 11.4. The summed E-state index contributed by atoms with van der Waals surface area (Å²) >= 11 is 0. The molecule has 90 valence electrons. The number of carboxylic acids is 1. The Bertz CT molecular complexity index is 316. The third kappa shape index (κ3) is 3.92. The number of hydrogen-bond donors (Lipinski definition) is 2. The topological polar surface area (TPSA) is 75.6 Å². The van der Waals surface area contributed by atoms with Crippen molar-refractivity contribution in [1.82, 2.24) is 5.32 Å². The molecule has 0 aromatic rings. The molecule has 0 aromatic carbocycles. The minimum absolute atomic E-state index is 0.254. The number of carbonyl (C=O) groups is 2. The van der Waals surface area contributed by atoms with E-state index in [0.29, 0.717) is 6.42 Å². The first-order chi connectivity index (χ1) is 7.28. The van der Waals surface area contributed by atoms with Crippen molar-refractivity contribution >= 4 is 12.1 Å². The summed E-state index contributed by atoms with van der Waals surface area (Å²) in [7, 11) is 0. The van der Waals surface area contributed by atoms with Gasteiger partial charge in [0.25, 0.3) is 0 Å². The first-order valence-corrected chi connectivity index (χ1v) is 5.18. The van der Waals surface area contributed by atoms with Crippen LogP contribution in [0, 0.1) is 5.92 Å². The van der Waals surface area contributed by atoms with Gasteiger partial charge in [0.2, 0.25) is 0 Å². The Labute approximate surface area is 94.5 Å². The van der Waals surface area contributed by atoms with Crippen LogP contribution in [-0.2, 0) is 9.53 Å². The van der Waals surface area contributed by atoms with E-state index in [-0.39, 0.29) is 6.04 Å². The number of hydrogen-bond acceptors (Lipinski definition) is 3. The molecule has 5 nitrogen and oxygen atoms in total. The van der Waals surface area contributed by atoms with E-state index in [0.717, 1.165) is 0 Å². The molecule has 0 saturated carbocycles. The largest absolute Gasteiger partial charge is 0.481 e. The third-order valence-corrected chi connectivity index (χ3v) is 2.10. The zero-order valence-electron chi connectivity index (χ0n) is 9.69. The van der Waals surface area contributed by atoms with Gasteiger partial charge in [0.05, 0.1) is 12.0 Å². The number of ether oxygens (including phenoxy) is 1. The van der Waals surface area contributed by atoms with Crippen LogP contribution in [0.5, 0.6) is 0 Å². The summed E-state index contributed by atoms with van der Waals surface area (Å²) in [6.07, 6.45) is 3.13. The summed E-state index contributed by atoms with van der Waals surface area (Å²) < 4.78 is 5.06. The molecule has 0 radical (unpaired) electrons. The molecule has 1 rings (SSSR count). The van der Waals surface area contributed by atoms with Crippen molar-refractivity contribution in [2.24, 2.45) is 5.92 Å². The van der Waals surface area contributed by atoms with Gasteiger partial charge in [-0.1, -0.05) is 12.2 Å². The summed E-state index contributed by atoms with van der Waals surface area (Å²) in [6, 6.07) is -0.254. The maximum absolute atomic E-state index is 11.4. The van der Waals surface area contributed by atoms with E-state index in [2.05, 4.69) is 5.32 Å². The van der Waals surface area contributed by atoms with E-state index in [1.807, 2.05) is 0 Å². The number of carboxylic acid groups (broad SMARTS) is 1. The number of aliphatic carboxylic acids is 1. The van der Waals surface area contributed by atoms with Crippen LogP contribution in [0.25, 0.3) is 0 Å². The van der Waals surface area contributed by atoms with Crippen LogP contribution in [0.2, 0.25) is 0 Å². The average molecular weight is 227 g/mol. The summed E-state index contributed by atoms with van der Waals surface area (Å²) in [4.78, 5) is 22.0. The molecule has 2 atom stereocenters. The number of nitrogens with one attached hydrogen (secondary N) is 1. The molecule has 0 bridgehead atoms. The highest BCUT2D eigenvalue weighted by atomic mass is 16.6. The minimum Gasteiger partial charge on any atom is -0.481 e. The van der Waals surface area contributed by atoms with Gasteiger partial charge in [-0.15, -0.1) is 0 Å². The van der Waals surface area contributed by atoms with Gasteiger partial charge < -0.3 is 15.2 Å². The fraction of sp³-hybridized carbons (Fsp3) is 0.636. The lowest BCUT2D eigenvalue weighted by Crippen LogP contribution is -2.38. The zero-order valence-corrected chi connectivity index (χ0v) is 9.69. The number of alkyl carbamates (subject to hydrolysis) is 1. The molecule has 16 heavy (non-hydrogen) atoms. The number of carbonyl (C=O) groups excluding carboxylic acids is 1. The molecular weight excluding hydrogens is 210 g/mol. The molecule has 0 saturated heterocycles. The second-order valence-electron chi connectivity index (χ2n) is 4.82. The second kappa shape index (κ2) is 4.55. The van der Waals surface area contributed by atoms with Crippen LogP contribution < -0.4 is 5.32 Å². The smallest absolute Gasteiger partial charge is 0.408 e. The maximum Gasteiger partial charge on any atom is 0.408 e. The molecular formula is C11H17NO4. The Morgan fingerprint density at radius 1 is 1.38 bits per heavy atom. The van der Waals surface area contributed by atoms with Crippen molar-refractivity contribution in [2.75, 3.05) is 0 Å². The van der Waals surface area contributed by atoms with E-state index in [1.54, 1.807) is 32.9 Å². The third-order valence-electron chi connectivity index (χ3n) is 2.10. The van der Waals surface area contributed by atoms with Crippen molar-refractivity contribution in [3.8, 4) is 0 Å². The summed E-state index contributed by atoms with van der Waals surface area (Å²) in [5.74, 6) is -1.38. The number of rotatable bonds is 2. The van der Waals surface area contributed by atoms with E-state index < -0.39 is 23.6 Å². The lowest BCUT2D eigenvalue weighted by atomic mass is 10.1. The lowest BCUT2D eigenvalue weighted by Gasteiger charge is -2.21. The fourth-order valence-electron chi connectivity index (χ4n) is 1.45. The zero-order chi connectivity index (χ0) is 12.3. The monoisotopic (exact) mass is 227 g/mol. The van der Waals surface area contributed by atoms with Crippen LogP contribution >= 0.6 is 0 Å². The molecule has 1 amide bonds. The molecule has 1 aliphatic rings. The molecule has 2 N–H and O–H groups in total. The fourth-order valence-corrected chi connectivity index (χ4v) is 1.45. The highest BCUT2D eigenvalue weighted by molar-refractivity contribution is 5.74. The van der Waals surface area contributed by atoms with Crippen LogP contribution in [0.4, 0.5) is 4.79 Å². The Morgan fingerprint density at radius 2 is 2.00 bits per heavy atom. The molecule has 1 aliphatic carbocycles. The molecule has 0 spiro atoms. The predicted molar refractivity (Wildman–Crippen MR) is 58.0 cm³/mol. The van der Waals surface area contributed by atoms with Gasteiger partial charge in [0, 0.05) is 0 Å². The van der Waals surface area contributed by atoms with Gasteiger partial charge in [0.1, 0.15) is 5.60 Å². The quantitative estimate of drug-likeness (QED) is 0.701. The molecule has 0 aromatic heterocycles. The highest BCUT2D eigenvalue weighted by Gasteiger charge is 2.26. The molecule has 0 fully saturated rings. The predicted octanol–water partition coefficient (Wildman–Crippen LogP) is 1.54. The Balaban J connectivity index is 2.38. The Morgan fingerprint density at radius 3 is 2.44 bits per heavy atom. The van der Waals surface area contributed by atoms with E-state index in [4.69, 9.17) is 9.84 Å². The van der Waals surface area contributed by atoms with Crippen LogP contribution in [-0.4, -0.2) is 28.8 Å². The average Bonchev–Trinajstić information content (AvgIpc) is 2.48. The summed E-state index contributed by atoms with van der Waals surface area (Å²) in [5, 5.41) is 11.4. The van der Waals surface area contributed by atoms with Crippen LogP contribution in [0.3, 0.4) is 0 Å². The number of amides is 1. The van der Waals surface area contributed by atoms with Crippen molar-refractivity contribution in [2.45, 2.75) is 38.8 Å². The van der Waals surface area contributed by atoms with Crippen molar-refractivity contribution < 1.29 is 19.4 Å². The van der Waals surface area contributed by atoms with Gasteiger partial charge in [-0.05, 0) is 27.2 Å².